The third kappa shape index (κ3) is 6.59. The second-order valence-corrected chi connectivity index (χ2v) is 16.2. The number of hydrogen-bond acceptors (Lipinski definition) is 10. The van der Waals surface area contributed by atoms with Gasteiger partial charge in [-0.05, 0) is 49.9 Å². The van der Waals surface area contributed by atoms with E-state index >= 15 is 0 Å². The molecule has 1 aliphatic heterocycles. The summed E-state index contributed by atoms with van der Waals surface area (Å²) in [5, 5.41) is -5.29. The Bertz CT molecular complexity index is 1330. The number of alkyl halides is 12. The van der Waals surface area contributed by atoms with E-state index in [9.17, 15) is 75.5 Å². The van der Waals surface area contributed by atoms with Gasteiger partial charge in [0.05, 0.1) is 9.49 Å². The predicted octanol–water partition coefficient (Wildman–Crippen LogP) is 5.23. The lowest BCUT2D eigenvalue weighted by molar-refractivity contribution is -0.283. The number of halogens is 12. The molecule has 4 bridgehead atoms. The standard InChI is InChI=1S/C23H22F12O9S3/c24-19(25,22(30,31)32)13(36)42-6-16(7-43-14(37)20(26,27)23(33,34)35)8-45-18(46-9-16)11-1-10-2-12(18)5-17(3-10,4-11)44-15(38)21(28,29)47(39,40)41/h10-12H,1-9H2,(H,39,40,41). The molecular weight excluding hydrogens is 744 g/mol. The summed E-state index contributed by atoms with van der Waals surface area (Å²) in [7, 11) is -6.19. The molecule has 24 heteroatoms. The van der Waals surface area contributed by atoms with E-state index in [-0.39, 0.29) is 25.2 Å². The molecule has 47 heavy (non-hydrogen) atoms. The zero-order chi connectivity index (χ0) is 35.9. The molecule has 2 atom stereocenters. The van der Waals surface area contributed by atoms with Crippen molar-refractivity contribution in [1.29, 1.82) is 0 Å². The van der Waals surface area contributed by atoms with Crippen LogP contribution in [-0.4, -0.2) is 94.7 Å². The van der Waals surface area contributed by atoms with Crippen molar-refractivity contribution in [2.45, 2.75) is 71.2 Å². The summed E-state index contributed by atoms with van der Waals surface area (Å²) in [6.07, 6.45) is -12.3. The van der Waals surface area contributed by atoms with Crippen molar-refractivity contribution in [2.24, 2.45) is 23.2 Å². The molecule has 5 aliphatic rings. The molecule has 0 aromatic heterocycles. The van der Waals surface area contributed by atoms with Gasteiger partial charge in [-0.25, -0.2) is 14.4 Å². The van der Waals surface area contributed by atoms with E-state index in [1.807, 2.05) is 0 Å². The maximum Gasteiger partial charge on any atom is 0.465 e. The number of hydrogen-bond donors (Lipinski definition) is 1. The van der Waals surface area contributed by atoms with Crippen molar-refractivity contribution in [2.75, 3.05) is 24.7 Å². The average Bonchev–Trinajstić information content (AvgIpc) is 2.91. The van der Waals surface area contributed by atoms with Crippen molar-refractivity contribution in [3.8, 4) is 0 Å². The Balaban J connectivity index is 1.54. The minimum atomic E-state index is -6.41. The third-order valence-electron chi connectivity index (χ3n) is 8.59. The first-order valence-corrected chi connectivity index (χ1v) is 16.6. The van der Waals surface area contributed by atoms with Crippen LogP contribution in [0.4, 0.5) is 52.7 Å². The molecule has 0 amide bonds. The highest BCUT2D eigenvalue weighted by Crippen LogP contribution is 2.71. The number of thioether (sulfide) groups is 2. The Labute approximate surface area is 264 Å². The Morgan fingerprint density at radius 2 is 1.11 bits per heavy atom. The van der Waals surface area contributed by atoms with Gasteiger partial charge in [0.2, 0.25) is 0 Å². The summed E-state index contributed by atoms with van der Waals surface area (Å²) >= 11 is 1.80. The average molecular weight is 767 g/mol. The van der Waals surface area contributed by atoms with Crippen LogP contribution in [0.3, 0.4) is 0 Å². The van der Waals surface area contributed by atoms with Crippen molar-refractivity contribution in [1.82, 2.24) is 0 Å². The first-order valence-electron chi connectivity index (χ1n) is 13.1. The van der Waals surface area contributed by atoms with Gasteiger partial charge in [0.25, 0.3) is 0 Å². The Hall–Kier alpha value is -1.82. The van der Waals surface area contributed by atoms with Gasteiger partial charge < -0.3 is 14.2 Å². The fourth-order valence-corrected chi connectivity index (χ4v) is 10.8. The first-order chi connectivity index (χ1) is 21.0. The molecule has 1 spiro atoms. The normalized spacial score (nSPS) is 29.0. The molecular formula is C23H22F12O9S3. The molecule has 0 radical (unpaired) electrons. The molecule has 0 aromatic rings. The molecule has 270 valence electrons. The molecule has 9 nitrogen and oxygen atoms in total. The van der Waals surface area contributed by atoms with Crippen molar-refractivity contribution in [3.63, 3.8) is 0 Å². The molecule has 1 N–H and O–H groups in total. The lowest BCUT2D eigenvalue weighted by atomic mass is 9.53. The first kappa shape index (κ1) is 38.0. The zero-order valence-corrected chi connectivity index (χ0v) is 25.5. The van der Waals surface area contributed by atoms with Gasteiger partial charge in [0, 0.05) is 11.5 Å². The molecule has 1 heterocycles. The minimum Gasteiger partial charge on any atom is -0.460 e. The minimum absolute atomic E-state index is 0.0510. The summed E-state index contributed by atoms with van der Waals surface area (Å²) < 4.78 is 201. The second kappa shape index (κ2) is 11.6. The molecule has 4 aliphatic carbocycles. The number of carbonyl (C=O) groups excluding carboxylic acids is 3. The van der Waals surface area contributed by atoms with E-state index in [4.69, 9.17) is 9.29 Å². The van der Waals surface area contributed by atoms with E-state index < -0.39 is 109 Å². The van der Waals surface area contributed by atoms with Crippen LogP contribution in [0.5, 0.6) is 0 Å². The molecule has 4 saturated carbocycles. The van der Waals surface area contributed by atoms with Crippen LogP contribution < -0.4 is 0 Å². The second-order valence-electron chi connectivity index (χ2n) is 12.0. The van der Waals surface area contributed by atoms with E-state index in [0.717, 1.165) is 23.5 Å². The number of rotatable bonds is 9. The summed E-state index contributed by atoms with van der Waals surface area (Å²) in [6, 6.07) is 0. The molecule has 2 unspecified atom stereocenters. The maximum atomic E-state index is 14.0. The fourth-order valence-electron chi connectivity index (χ4n) is 6.49. The van der Waals surface area contributed by atoms with E-state index in [0.29, 0.717) is 12.8 Å². The summed E-state index contributed by atoms with van der Waals surface area (Å²) in [4.78, 5) is 35.4. The lowest BCUT2D eigenvalue weighted by Crippen LogP contribution is -2.64. The van der Waals surface area contributed by atoms with Gasteiger partial charge in [-0.2, -0.15) is 61.1 Å². The predicted molar refractivity (Wildman–Crippen MR) is 133 cm³/mol. The fraction of sp³-hybridized carbons (Fsp3) is 0.870. The van der Waals surface area contributed by atoms with Gasteiger partial charge in [-0.1, -0.05) is 0 Å². The van der Waals surface area contributed by atoms with Crippen molar-refractivity contribution < 1.29 is 94.2 Å². The summed E-state index contributed by atoms with van der Waals surface area (Å²) in [5.41, 5.74) is -3.67. The van der Waals surface area contributed by atoms with Gasteiger partial charge >= 0.3 is 57.5 Å². The highest BCUT2D eigenvalue weighted by atomic mass is 32.2. The van der Waals surface area contributed by atoms with Crippen molar-refractivity contribution in [3.05, 3.63) is 0 Å². The zero-order valence-electron chi connectivity index (χ0n) is 23.1. The van der Waals surface area contributed by atoms with E-state index in [2.05, 4.69) is 9.47 Å². The van der Waals surface area contributed by atoms with Crippen molar-refractivity contribution >= 4 is 51.5 Å². The van der Waals surface area contributed by atoms with Crippen LogP contribution in [-0.2, 0) is 38.7 Å². The Kier molecular flexibility index (Phi) is 9.40. The molecule has 5 fully saturated rings. The van der Waals surface area contributed by atoms with Gasteiger partial charge in [0.1, 0.15) is 18.8 Å². The van der Waals surface area contributed by atoms with Gasteiger partial charge in [0.15, 0.2) is 0 Å². The number of carbonyl (C=O) groups is 3. The largest absolute Gasteiger partial charge is 0.465 e. The number of ether oxygens (including phenoxy) is 3. The summed E-state index contributed by atoms with van der Waals surface area (Å²) in [6.45, 7) is -2.88. The van der Waals surface area contributed by atoms with Crippen LogP contribution in [0.15, 0.2) is 0 Å². The van der Waals surface area contributed by atoms with Crippen LogP contribution in [0.25, 0.3) is 0 Å². The highest BCUT2D eigenvalue weighted by Gasteiger charge is 2.69. The third-order valence-corrected chi connectivity index (χ3v) is 13.9. The van der Waals surface area contributed by atoms with Crippen LogP contribution in [0.2, 0.25) is 0 Å². The SMILES string of the molecule is O=C(OCC1(COC(=O)C(F)(F)C(F)(F)F)CSC2(SC1)C1CC3CC2CC(OC(=O)C(F)(F)S(=O)(=O)O)(C3)C1)C(F)(F)C(F)(F)F. The smallest absolute Gasteiger partial charge is 0.460 e. The van der Waals surface area contributed by atoms with Gasteiger partial charge in [-0.3, -0.25) is 4.55 Å². The molecule has 1 saturated heterocycles. The molecule has 5 rings (SSSR count). The monoisotopic (exact) mass is 766 g/mol. The Morgan fingerprint density at radius 3 is 1.47 bits per heavy atom. The van der Waals surface area contributed by atoms with E-state index in [1.165, 1.54) is 0 Å². The van der Waals surface area contributed by atoms with Crippen LogP contribution in [0, 0.1) is 23.2 Å². The van der Waals surface area contributed by atoms with Crippen LogP contribution in [0.1, 0.15) is 32.1 Å². The van der Waals surface area contributed by atoms with Crippen LogP contribution >= 0.6 is 23.5 Å². The quantitative estimate of drug-likeness (QED) is 0.143. The molecule has 0 aromatic carbocycles. The topological polar surface area (TPSA) is 133 Å². The van der Waals surface area contributed by atoms with Gasteiger partial charge in [-0.15, -0.1) is 23.5 Å². The number of esters is 3. The highest BCUT2D eigenvalue weighted by molar-refractivity contribution is 8.18. The van der Waals surface area contributed by atoms with E-state index in [1.54, 1.807) is 0 Å². The maximum absolute atomic E-state index is 14.0. The Morgan fingerprint density at radius 1 is 0.702 bits per heavy atom. The lowest BCUT2D eigenvalue weighted by Gasteiger charge is -2.65. The summed E-state index contributed by atoms with van der Waals surface area (Å²) in [5.74, 6) is -23.2.